The first-order chi connectivity index (χ1) is 16.0. The topological polar surface area (TPSA) is 99.5 Å². The van der Waals surface area contributed by atoms with Gasteiger partial charge in [-0.05, 0) is 42.2 Å². The van der Waals surface area contributed by atoms with E-state index in [4.69, 9.17) is 4.52 Å². The van der Waals surface area contributed by atoms with Crippen molar-refractivity contribution in [1.82, 2.24) is 15.4 Å². The Morgan fingerprint density at radius 2 is 1.94 bits per heavy atom. The molecule has 8 nitrogen and oxygen atoms in total. The molecular weight excluding hydrogens is 418 g/mol. The lowest BCUT2D eigenvalue weighted by molar-refractivity contribution is -0.115. The Hall–Kier alpha value is -3.49. The van der Waals surface area contributed by atoms with Crippen LogP contribution < -0.4 is 16.0 Å². The van der Waals surface area contributed by atoms with Crippen molar-refractivity contribution in [3.8, 4) is 0 Å². The molecular formula is C25H29N5O3. The van der Waals surface area contributed by atoms with E-state index in [0.717, 1.165) is 32.0 Å². The smallest absolute Gasteiger partial charge is 0.250 e. The first-order valence-corrected chi connectivity index (χ1v) is 11.2. The van der Waals surface area contributed by atoms with Crippen molar-refractivity contribution in [3.05, 3.63) is 66.7 Å². The number of piperidine rings is 1. The summed E-state index contributed by atoms with van der Waals surface area (Å²) in [6.07, 6.45) is 3.08. The molecule has 1 atom stereocenters. The third-order valence-electron chi connectivity index (χ3n) is 6.11. The number of amides is 2. The fourth-order valence-electron chi connectivity index (χ4n) is 4.29. The summed E-state index contributed by atoms with van der Waals surface area (Å²) in [7, 11) is 0. The molecule has 3 aromatic rings. The second-order valence-corrected chi connectivity index (χ2v) is 8.25. The van der Waals surface area contributed by atoms with Crippen molar-refractivity contribution < 1.29 is 14.1 Å². The van der Waals surface area contributed by atoms with Gasteiger partial charge < -0.3 is 15.2 Å². The zero-order chi connectivity index (χ0) is 23.2. The van der Waals surface area contributed by atoms with Crippen molar-refractivity contribution in [2.24, 2.45) is 0 Å². The number of nitrogens with one attached hydrogen (secondary N) is 3. The molecule has 4 rings (SSSR count). The van der Waals surface area contributed by atoms with Gasteiger partial charge in [-0.3, -0.25) is 19.8 Å². The summed E-state index contributed by atoms with van der Waals surface area (Å²) in [5.41, 5.74) is 1.36. The zero-order valence-corrected chi connectivity index (χ0v) is 18.7. The van der Waals surface area contributed by atoms with Crippen molar-refractivity contribution >= 4 is 34.3 Å². The van der Waals surface area contributed by atoms with E-state index in [9.17, 15) is 9.59 Å². The van der Waals surface area contributed by atoms with Crippen LogP contribution in [0.5, 0.6) is 0 Å². The molecule has 2 aromatic carbocycles. The first-order valence-electron chi connectivity index (χ1n) is 11.2. The quantitative estimate of drug-likeness (QED) is 0.455. The van der Waals surface area contributed by atoms with Crippen molar-refractivity contribution in [1.29, 1.82) is 0 Å². The molecule has 0 unspecified atom stereocenters. The van der Waals surface area contributed by atoms with E-state index < -0.39 is 5.91 Å². The molecule has 0 bridgehead atoms. The SMILES string of the molecule is C=CC(=O)Nc1cc(NC(=O)CNC2CCN([C@H](C)c3cccc4ccccc34)CC2)no1. The maximum Gasteiger partial charge on any atom is 0.250 e. The Balaban J connectivity index is 1.23. The summed E-state index contributed by atoms with van der Waals surface area (Å²) < 4.78 is 4.96. The number of carbonyl (C=O) groups excluding carboxylic acids is 2. The van der Waals surface area contributed by atoms with Gasteiger partial charge in [0, 0.05) is 31.2 Å². The number of benzene rings is 2. The number of anilines is 2. The van der Waals surface area contributed by atoms with Gasteiger partial charge in [0.15, 0.2) is 5.82 Å². The first kappa shape index (κ1) is 22.7. The van der Waals surface area contributed by atoms with Crippen LogP contribution >= 0.6 is 0 Å². The number of nitrogens with zero attached hydrogens (tertiary/aromatic N) is 2. The molecule has 2 amide bonds. The van der Waals surface area contributed by atoms with E-state index in [2.05, 4.69) is 82.0 Å². The summed E-state index contributed by atoms with van der Waals surface area (Å²) in [6, 6.07) is 17.1. The standard InChI is InChI=1S/C25H29N5O3/c1-3-23(31)28-25-15-22(29-33-25)27-24(32)16-26-19-11-13-30(14-12-19)17(2)20-10-6-8-18-7-4-5-9-21(18)20/h3-10,15,17,19,26H,1,11-14,16H2,2H3,(H,28,31)(H,27,29,32)/t17-/m1/s1. The lowest BCUT2D eigenvalue weighted by atomic mass is 9.96. The molecule has 33 heavy (non-hydrogen) atoms. The maximum atomic E-state index is 12.3. The molecule has 8 heteroatoms. The van der Waals surface area contributed by atoms with Crippen LogP contribution in [0.4, 0.5) is 11.7 Å². The molecule has 1 aliphatic rings. The third-order valence-corrected chi connectivity index (χ3v) is 6.11. The Morgan fingerprint density at radius 1 is 1.18 bits per heavy atom. The number of hydrogen-bond acceptors (Lipinski definition) is 6. The summed E-state index contributed by atoms with van der Waals surface area (Å²) in [5.74, 6) is -0.223. The van der Waals surface area contributed by atoms with Crippen molar-refractivity contribution in [3.63, 3.8) is 0 Å². The molecule has 1 saturated heterocycles. The average Bonchev–Trinajstić information content (AvgIpc) is 3.28. The zero-order valence-electron chi connectivity index (χ0n) is 18.7. The number of carbonyl (C=O) groups is 2. The van der Waals surface area contributed by atoms with Gasteiger partial charge in [-0.1, -0.05) is 54.2 Å². The molecule has 0 radical (unpaired) electrons. The minimum Gasteiger partial charge on any atom is -0.336 e. The van der Waals surface area contributed by atoms with Crippen LogP contribution in [0.25, 0.3) is 10.8 Å². The summed E-state index contributed by atoms with van der Waals surface area (Å²) in [6.45, 7) is 7.77. The van der Waals surface area contributed by atoms with E-state index in [0.29, 0.717) is 6.04 Å². The van der Waals surface area contributed by atoms with Crippen LogP contribution in [-0.4, -0.2) is 47.5 Å². The van der Waals surface area contributed by atoms with Crippen LogP contribution in [0.1, 0.15) is 31.4 Å². The third kappa shape index (κ3) is 5.66. The highest BCUT2D eigenvalue weighted by Crippen LogP contribution is 2.30. The summed E-state index contributed by atoms with van der Waals surface area (Å²) in [5, 5.41) is 14.8. The highest BCUT2D eigenvalue weighted by molar-refractivity contribution is 5.98. The normalized spacial score (nSPS) is 15.8. The van der Waals surface area contributed by atoms with E-state index in [1.165, 1.54) is 22.4 Å². The Kier molecular flexibility index (Phi) is 7.16. The number of aromatic nitrogens is 1. The Morgan fingerprint density at radius 3 is 2.73 bits per heavy atom. The van der Waals surface area contributed by atoms with E-state index in [-0.39, 0.29) is 30.2 Å². The van der Waals surface area contributed by atoms with Gasteiger partial charge >= 0.3 is 0 Å². The fourth-order valence-corrected chi connectivity index (χ4v) is 4.29. The van der Waals surface area contributed by atoms with Gasteiger partial charge in [0.2, 0.25) is 17.7 Å². The summed E-state index contributed by atoms with van der Waals surface area (Å²) >= 11 is 0. The highest BCUT2D eigenvalue weighted by Gasteiger charge is 2.24. The van der Waals surface area contributed by atoms with E-state index >= 15 is 0 Å². The van der Waals surface area contributed by atoms with Gasteiger partial charge in [0.1, 0.15) is 0 Å². The van der Waals surface area contributed by atoms with Crippen LogP contribution in [0, 0.1) is 0 Å². The molecule has 1 aromatic heterocycles. The molecule has 3 N–H and O–H groups in total. The van der Waals surface area contributed by atoms with Crippen molar-refractivity contribution in [2.75, 3.05) is 30.3 Å². The van der Waals surface area contributed by atoms with Crippen molar-refractivity contribution in [2.45, 2.75) is 31.8 Å². The van der Waals surface area contributed by atoms with Crippen LogP contribution in [0.15, 0.2) is 65.7 Å². The number of rotatable bonds is 8. The molecule has 2 heterocycles. The fraction of sp³-hybridized carbons (Fsp3) is 0.320. The largest absolute Gasteiger partial charge is 0.336 e. The number of likely N-dealkylation sites (tertiary alicyclic amines) is 1. The monoisotopic (exact) mass is 447 g/mol. The predicted octanol–water partition coefficient (Wildman–Crippen LogP) is 3.71. The Bertz CT molecular complexity index is 1130. The van der Waals surface area contributed by atoms with Crippen LogP contribution in [-0.2, 0) is 9.59 Å². The number of fused-ring (bicyclic) bond motifs is 1. The minimum absolute atomic E-state index is 0.149. The predicted molar refractivity (Wildman–Crippen MR) is 129 cm³/mol. The maximum absolute atomic E-state index is 12.3. The molecule has 1 aliphatic heterocycles. The van der Waals surface area contributed by atoms with Gasteiger partial charge in [-0.15, -0.1) is 0 Å². The second kappa shape index (κ2) is 10.4. The lowest BCUT2D eigenvalue weighted by Crippen LogP contribution is -2.45. The molecule has 0 aliphatic carbocycles. The molecule has 0 spiro atoms. The van der Waals surface area contributed by atoms with Gasteiger partial charge in [0.05, 0.1) is 6.54 Å². The van der Waals surface area contributed by atoms with Gasteiger partial charge in [-0.2, -0.15) is 0 Å². The van der Waals surface area contributed by atoms with Gasteiger partial charge in [-0.25, -0.2) is 0 Å². The van der Waals surface area contributed by atoms with Crippen LogP contribution in [0.3, 0.4) is 0 Å². The minimum atomic E-state index is -0.410. The lowest BCUT2D eigenvalue weighted by Gasteiger charge is -2.37. The molecule has 172 valence electrons. The van der Waals surface area contributed by atoms with E-state index in [1.807, 2.05) is 0 Å². The summed E-state index contributed by atoms with van der Waals surface area (Å²) in [4.78, 5) is 26.0. The molecule has 1 fully saturated rings. The number of hydrogen-bond donors (Lipinski definition) is 3. The van der Waals surface area contributed by atoms with Gasteiger partial charge in [0.25, 0.3) is 0 Å². The van der Waals surface area contributed by atoms with E-state index in [1.54, 1.807) is 0 Å². The Labute approximate surface area is 193 Å². The molecule has 0 saturated carbocycles. The second-order valence-electron chi connectivity index (χ2n) is 8.25. The highest BCUT2D eigenvalue weighted by atomic mass is 16.5. The average molecular weight is 448 g/mol. The van der Waals surface area contributed by atoms with Crippen LogP contribution in [0.2, 0.25) is 0 Å².